The molecule has 120 valence electrons. The Hall–Kier alpha value is -1.60. The first-order valence-corrected chi connectivity index (χ1v) is 6.39. The van der Waals surface area contributed by atoms with Crippen molar-refractivity contribution in [1.82, 2.24) is 20.5 Å². The van der Waals surface area contributed by atoms with Crippen LogP contribution in [-0.2, 0) is 7.05 Å². The Bertz CT molecular complexity index is 488. The standard InChI is InChI=1S/C12H20N6O.2ClH/c1-18-8-9(13)7-10(18)11(19)14-5-6-17-12-15-3-2-4-16-12;;/h7-8H,2-6,13H2,1H3,(H,14,19)(H2,15,16,17);2*1H. The van der Waals surface area contributed by atoms with Crippen molar-refractivity contribution in [3.8, 4) is 0 Å². The second kappa shape index (κ2) is 9.36. The molecule has 0 fully saturated rings. The van der Waals surface area contributed by atoms with Crippen molar-refractivity contribution in [2.75, 3.05) is 31.9 Å². The monoisotopic (exact) mass is 336 g/mol. The van der Waals surface area contributed by atoms with Gasteiger partial charge in [-0.05, 0) is 12.5 Å². The van der Waals surface area contributed by atoms with Crippen molar-refractivity contribution in [1.29, 1.82) is 0 Å². The number of nitrogens with one attached hydrogen (secondary N) is 3. The van der Waals surface area contributed by atoms with Crippen LogP contribution in [0.25, 0.3) is 0 Å². The van der Waals surface area contributed by atoms with Gasteiger partial charge in [-0.3, -0.25) is 9.79 Å². The van der Waals surface area contributed by atoms with Gasteiger partial charge in [0.1, 0.15) is 5.69 Å². The van der Waals surface area contributed by atoms with E-state index in [9.17, 15) is 4.79 Å². The molecule has 7 nitrogen and oxygen atoms in total. The molecule has 1 aliphatic rings. The first-order chi connectivity index (χ1) is 9.16. The average molecular weight is 337 g/mol. The molecule has 21 heavy (non-hydrogen) atoms. The molecule has 1 amide bonds. The lowest BCUT2D eigenvalue weighted by molar-refractivity contribution is 0.0946. The molecule has 0 saturated heterocycles. The number of nitrogens with zero attached hydrogens (tertiary/aromatic N) is 2. The van der Waals surface area contributed by atoms with Gasteiger partial charge in [-0.1, -0.05) is 0 Å². The molecule has 0 aliphatic carbocycles. The molecule has 2 rings (SSSR count). The van der Waals surface area contributed by atoms with Crippen LogP contribution in [0.4, 0.5) is 5.69 Å². The number of nitrogens with two attached hydrogens (primary N) is 1. The van der Waals surface area contributed by atoms with Gasteiger partial charge in [-0.2, -0.15) is 0 Å². The zero-order valence-corrected chi connectivity index (χ0v) is 13.5. The number of aromatic nitrogens is 1. The maximum Gasteiger partial charge on any atom is 0.268 e. The molecule has 1 aliphatic heterocycles. The number of aliphatic imine (C=N–C) groups is 1. The lowest BCUT2D eigenvalue weighted by atomic mass is 10.4. The van der Waals surface area contributed by atoms with Crippen molar-refractivity contribution >= 4 is 42.4 Å². The minimum Gasteiger partial charge on any atom is -0.397 e. The average Bonchev–Trinajstić information content (AvgIpc) is 2.75. The fourth-order valence-electron chi connectivity index (χ4n) is 1.91. The Kier molecular flexibility index (Phi) is 8.64. The van der Waals surface area contributed by atoms with E-state index < -0.39 is 0 Å². The predicted molar refractivity (Wildman–Crippen MR) is 89.6 cm³/mol. The van der Waals surface area contributed by atoms with Crippen LogP contribution in [0.15, 0.2) is 17.3 Å². The van der Waals surface area contributed by atoms with E-state index in [4.69, 9.17) is 5.73 Å². The lowest BCUT2D eigenvalue weighted by Crippen LogP contribution is -2.43. The van der Waals surface area contributed by atoms with Crippen molar-refractivity contribution < 1.29 is 4.79 Å². The summed E-state index contributed by atoms with van der Waals surface area (Å²) >= 11 is 0. The highest BCUT2D eigenvalue weighted by Crippen LogP contribution is 2.07. The molecular weight excluding hydrogens is 315 g/mol. The summed E-state index contributed by atoms with van der Waals surface area (Å²) in [6.45, 7) is 2.97. The third-order valence-electron chi connectivity index (χ3n) is 2.86. The van der Waals surface area contributed by atoms with Gasteiger partial charge in [-0.15, -0.1) is 24.8 Å². The van der Waals surface area contributed by atoms with Crippen LogP contribution in [0.1, 0.15) is 16.9 Å². The molecule has 0 unspecified atom stereocenters. The van der Waals surface area contributed by atoms with E-state index in [1.54, 1.807) is 23.9 Å². The first kappa shape index (κ1) is 19.4. The van der Waals surface area contributed by atoms with Gasteiger partial charge in [0, 0.05) is 39.4 Å². The molecule has 2 heterocycles. The summed E-state index contributed by atoms with van der Waals surface area (Å²) in [5, 5.41) is 9.13. The van der Waals surface area contributed by atoms with Gasteiger partial charge in [0.25, 0.3) is 5.91 Å². The maximum absolute atomic E-state index is 11.9. The maximum atomic E-state index is 11.9. The Balaban J connectivity index is 0.00000200. The van der Waals surface area contributed by atoms with Gasteiger partial charge < -0.3 is 26.3 Å². The second-order valence-corrected chi connectivity index (χ2v) is 4.46. The fraction of sp³-hybridized carbons (Fsp3) is 0.500. The molecule has 5 N–H and O–H groups in total. The van der Waals surface area contributed by atoms with Crippen LogP contribution >= 0.6 is 24.8 Å². The number of halogens is 2. The van der Waals surface area contributed by atoms with E-state index in [2.05, 4.69) is 20.9 Å². The fourth-order valence-corrected chi connectivity index (χ4v) is 1.91. The molecule has 0 radical (unpaired) electrons. The Morgan fingerprint density at radius 1 is 1.48 bits per heavy atom. The highest BCUT2D eigenvalue weighted by Gasteiger charge is 2.10. The van der Waals surface area contributed by atoms with E-state index >= 15 is 0 Å². The SMILES string of the molecule is Cl.Cl.Cn1cc(N)cc1C(=O)NCCNC1=NCCCN1. The van der Waals surface area contributed by atoms with Gasteiger partial charge >= 0.3 is 0 Å². The van der Waals surface area contributed by atoms with Crippen LogP contribution in [0.2, 0.25) is 0 Å². The van der Waals surface area contributed by atoms with Crippen molar-refractivity contribution in [3.63, 3.8) is 0 Å². The zero-order valence-electron chi connectivity index (χ0n) is 11.9. The molecule has 9 heteroatoms. The van der Waals surface area contributed by atoms with Gasteiger partial charge in [0.15, 0.2) is 5.96 Å². The van der Waals surface area contributed by atoms with E-state index in [0.717, 1.165) is 25.5 Å². The molecule has 1 aromatic heterocycles. The van der Waals surface area contributed by atoms with E-state index in [0.29, 0.717) is 24.5 Å². The van der Waals surface area contributed by atoms with Crippen LogP contribution in [0, 0.1) is 0 Å². The molecule has 0 spiro atoms. The third-order valence-corrected chi connectivity index (χ3v) is 2.86. The topological polar surface area (TPSA) is 96.5 Å². The molecule has 0 saturated carbocycles. The minimum absolute atomic E-state index is 0. The molecule has 1 aromatic rings. The number of hydrogen-bond acceptors (Lipinski definition) is 5. The zero-order chi connectivity index (χ0) is 13.7. The van der Waals surface area contributed by atoms with Gasteiger partial charge in [0.05, 0.1) is 5.69 Å². The van der Waals surface area contributed by atoms with Crippen LogP contribution in [0.5, 0.6) is 0 Å². The molecule has 0 bridgehead atoms. The number of carbonyl (C=O) groups excluding carboxylic acids is 1. The number of aryl methyl sites for hydroxylation is 1. The predicted octanol–water partition coefficient (Wildman–Crippen LogP) is 0.120. The number of amides is 1. The minimum atomic E-state index is -0.125. The second-order valence-electron chi connectivity index (χ2n) is 4.46. The highest BCUT2D eigenvalue weighted by atomic mass is 35.5. The largest absolute Gasteiger partial charge is 0.397 e. The van der Waals surface area contributed by atoms with Crippen LogP contribution in [-0.4, -0.2) is 42.6 Å². The molecule has 0 aromatic carbocycles. The smallest absolute Gasteiger partial charge is 0.268 e. The summed E-state index contributed by atoms with van der Waals surface area (Å²) in [5.41, 5.74) is 6.78. The summed E-state index contributed by atoms with van der Waals surface area (Å²) in [6.07, 6.45) is 2.78. The third kappa shape index (κ3) is 5.73. The summed E-state index contributed by atoms with van der Waals surface area (Å²) in [6, 6.07) is 1.66. The highest BCUT2D eigenvalue weighted by molar-refractivity contribution is 5.93. The summed E-state index contributed by atoms with van der Waals surface area (Å²) in [4.78, 5) is 16.2. The first-order valence-electron chi connectivity index (χ1n) is 6.39. The van der Waals surface area contributed by atoms with Crippen molar-refractivity contribution in [2.24, 2.45) is 12.0 Å². The van der Waals surface area contributed by atoms with E-state index in [1.807, 2.05) is 0 Å². The number of carbonyl (C=O) groups is 1. The number of hydrogen-bond donors (Lipinski definition) is 4. The summed E-state index contributed by atoms with van der Waals surface area (Å²) in [7, 11) is 1.80. The number of nitrogen functional groups attached to an aromatic ring is 1. The van der Waals surface area contributed by atoms with Crippen LogP contribution in [0.3, 0.4) is 0 Å². The Morgan fingerprint density at radius 3 is 2.81 bits per heavy atom. The lowest BCUT2D eigenvalue weighted by Gasteiger charge is -2.16. The number of anilines is 1. The van der Waals surface area contributed by atoms with Crippen molar-refractivity contribution in [3.05, 3.63) is 18.0 Å². The quantitative estimate of drug-likeness (QED) is 0.587. The van der Waals surface area contributed by atoms with Crippen molar-refractivity contribution in [2.45, 2.75) is 6.42 Å². The van der Waals surface area contributed by atoms with E-state index in [-0.39, 0.29) is 30.7 Å². The molecule has 0 atom stereocenters. The summed E-state index contributed by atoms with van der Waals surface area (Å²) < 4.78 is 1.71. The molecular formula is C12H22Cl2N6O. The van der Waals surface area contributed by atoms with Gasteiger partial charge in [0.2, 0.25) is 0 Å². The van der Waals surface area contributed by atoms with Gasteiger partial charge in [-0.25, -0.2) is 0 Å². The van der Waals surface area contributed by atoms with Crippen LogP contribution < -0.4 is 21.7 Å². The van der Waals surface area contributed by atoms with E-state index in [1.165, 1.54) is 0 Å². The normalized spacial score (nSPS) is 13.1. The number of rotatable bonds is 4. The summed E-state index contributed by atoms with van der Waals surface area (Å²) in [5.74, 6) is 0.683. The Morgan fingerprint density at radius 2 is 2.24 bits per heavy atom. The number of guanidine groups is 1. The Labute approximate surface area is 136 Å².